The summed E-state index contributed by atoms with van der Waals surface area (Å²) in [6.45, 7) is 7.97. The van der Waals surface area contributed by atoms with Crippen LogP contribution in [0.5, 0.6) is 0 Å². The zero-order valence-electron chi connectivity index (χ0n) is 36.4. The van der Waals surface area contributed by atoms with Crippen LogP contribution in [0, 0.1) is 16.7 Å². The molecule has 338 valence electrons. The van der Waals surface area contributed by atoms with Crippen molar-refractivity contribution in [1.29, 1.82) is 0 Å². The van der Waals surface area contributed by atoms with Gasteiger partial charge in [0.15, 0.2) is 23.6 Å². The summed E-state index contributed by atoms with van der Waals surface area (Å²) in [7, 11) is 0. The number of aliphatic hydroxyl groups excluding tert-OH is 2. The van der Waals surface area contributed by atoms with Gasteiger partial charge < -0.3 is 44.3 Å². The molecule has 1 amide bonds. The van der Waals surface area contributed by atoms with Crippen LogP contribution in [0.15, 0.2) is 108 Å². The fraction of sp³-hybridized carbons (Fsp3) is 0.429. The molecule has 1 heterocycles. The first-order valence-electron chi connectivity index (χ1n) is 21.1. The second-order valence-corrected chi connectivity index (χ2v) is 17.8. The Balaban J connectivity index is 1.36. The van der Waals surface area contributed by atoms with E-state index in [1.54, 1.807) is 92.7 Å². The van der Waals surface area contributed by atoms with Crippen molar-refractivity contribution in [3.05, 3.63) is 125 Å². The minimum absolute atomic E-state index is 0.00569. The number of carbonyl (C=O) groups is 6. The normalized spacial score (nSPS) is 31.4. The van der Waals surface area contributed by atoms with E-state index in [0.717, 1.165) is 19.4 Å². The van der Waals surface area contributed by atoms with E-state index in [1.165, 1.54) is 32.1 Å². The maximum Gasteiger partial charge on any atom is 0.338 e. The molecule has 3 aromatic rings. The molecule has 0 unspecified atom stereocenters. The van der Waals surface area contributed by atoms with Crippen molar-refractivity contribution in [2.45, 2.75) is 108 Å². The highest BCUT2D eigenvalue weighted by Gasteiger charge is 2.78. The predicted molar refractivity (Wildman–Crippen MR) is 227 cm³/mol. The molecule has 11 atom stereocenters. The number of rotatable bonds is 11. The second-order valence-electron chi connectivity index (χ2n) is 17.8. The van der Waals surface area contributed by atoms with Crippen LogP contribution in [0.1, 0.15) is 81.9 Å². The van der Waals surface area contributed by atoms with Crippen molar-refractivity contribution in [1.82, 2.24) is 5.32 Å². The maximum absolute atomic E-state index is 15.5. The van der Waals surface area contributed by atoms with Gasteiger partial charge in [-0.25, -0.2) is 9.59 Å². The van der Waals surface area contributed by atoms with Gasteiger partial charge in [0.05, 0.1) is 35.6 Å². The van der Waals surface area contributed by atoms with Crippen LogP contribution in [-0.2, 0) is 47.7 Å². The van der Waals surface area contributed by atoms with Gasteiger partial charge in [0, 0.05) is 38.2 Å². The molecule has 4 aliphatic rings. The molecular weight excluding hydrogens is 827 g/mol. The molecule has 15 heteroatoms. The lowest BCUT2D eigenvalue weighted by molar-refractivity contribution is -0.346. The molecule has 3 fully saturated rings. The third-order valence-corrected chi connectivity index (χ3v) is 13.7. The lowest BCUT2D eigenvalue weighted by Gasteiger charge is -2.67. The largest absolute Gasteiger partial charge is 0.456 e. The maximum atomic E-state index is 15.5. The van der Waals surface area contributed by atoms with Crippen LogP contribution >= 0.6 is 0 Å². The summed E-state index contributed by atoms with van der Waals surface area (Å²) in [5, 5.41) is 40.2. The number of Topliss-reactive ketones (excluding diaryl/α,β-unsaturated/α-hetero) is 1. The fourth-order valence-electron chi connectivity index (χ4n) is 10.3. The number of benzene rings is 3. The van der Waals surface area contributed by atoms with Crippen molar-refractivity contribution in [3.63, 3.8) is 0 Å². The Morgan fingerprint density at radius 3 is 2.05 bits per heavy atom. The van der Waals surface area contributed by atoms with Gasteiger partial charge in [0.2, 0.25) is 5.91 Å². The van der Waals surface area contributed by atoms with Crippen LogP contribution in [0.4, 0.5) is 0 Å². The summed E-state index contributed by atoms with van der Waals surface area (Å²) in [5.74, 6) is -6.90. The molecule has 0 aromatic heterocycles. The summed E-state index contributed by atoms with van der Waals surface area (Å²) in [6.07, 6.45) is -7.73. The SMILES string of the molecule is CC(=O)O[C@H]1C(=O)[C@@]2(C)[C@H]([C@H](OC(=O)c3ccccc3)[C@]3(O)C[C@H](OC(=O)[C@H](O)[C@@H](NC(=O)/C=C/c4ccccc4)c4ccccc4)C(C)=C1C3(C)C)[C@]1(OC(C)=O)CO[C@@H]1C[C@@H]2O. The van der Waals surface area contributed by atoms with E-state index in [2.05, 4.69) is 5.32 Å². The third-order valence-electron chi connectivity index (χ3n) is 13.7. The molecule has 2 bridgehead atoms. The van der Waals surface area contributed by atoms with Gasteiger partial charge >= 0.3 is 23.9 Å². The van der Waals surface area contributed by atoms with E-state index in [4.69, 9.17) is 23.7 Å². The number of ether oxygens (including phenoxy) is 5. The van der Waals surface area contributed by atoms with Crippen molar-refractivity contribution in [3.8, 4) is 0 Å². The molecular formula is C49H53NO14. The zero-order chi connectivity index (χ0) is 46.4. The Labute approximate surface area is 370 Å². The molecule has 3 aromatic carbocycles. The van der Waals surface area contributed by atoms with Crippen LogP contribution in [0.3, 0.4) is 0 Å². The topological polar surface area (TPSA) is 221 Å². The highest BCUT2D eigenvalue weighted by atomic mass is 16.6. The van der Waals surface area contributed by atoms with Gasteiger partial charge in [-0.05, 0) is 54.3 Å². The van der Waals surface area contributed by atoms with Crippen molar-refractivity contribution >= 4 is 41.6 Å². The highest BCUT2D eigenvalue weighted by molar-refractivity contribution is 5.96. The summed E-state index contributed by atoms with van der Waals surface area (Å²) >= 11 is 0. The van der Waals surface area contributed by atoms with Crippen LogP contribution < -0.4 is 5.32 Å². The number of ketones is 1. The van der Waals surface area contributed by atoms with Crippen molar-refractivity contribution in [2.24, 2.45) is 16.7 Å². The predicted octanol–water partition coefficient (Wildman–Crippen LogP) is 4.14. The van der Waals surface area contributed by atoms with Crippen LogP contribution in [0.2, 0.25) is 0 Å². The summed E-state index contributed by atoms with van der Waals surface area (Å²) in [5.41, 5.74) is -6.58. The molecule has 2 saturated carbocycles. The van der Waals surface area contributed by atoms with Gasteiger partial charge in [-0.3, -0.25) is 19.2 Å². The molecule has 3 aliphatic carbocycles. The number of fused-ring (bicyclic) bond motifs is 5. The molecule has 15 nitrogen and oxygen atoms in total. The third kappa shape index (κ3) is 7.95. The standard InChI is InChI=1S/C49H53NO14/c1-27-33(62-45(58)39(55)38(31-18-12-8-13-19-31)50-36(54)23-22-30-16-10-7-11-17-30)25-49(59)43(63-44(57)32-20-14-9-15-21-32)41-47(6,34(53)24-35-48(41,26-60-35)64-29(3)52)42(56)40(61-28(2)51)37(27)46(49,4)5/h7-23,33-35,38-41,43,53,55,59H,24-26H2,1-6H3,(H,50,54)/b23-22+/t33-,34-,35+,38-,39+,40+,41-,43-,47+,48-,49+/m0/s1. The van der Waals surface area contributed by atoms with E-state index >= 15 is 4.79 Å². The minimum Gasteiger partial charge on any atom is -0.456 e. The lowest BCUT2D eigenvalue weighted by atomic mass is 9.44. The second kappa shape index (κ2) is 17.5. The van der Waals surface area contributed by atoms with Gasteiger partial charge in [0.25, 0.3) is 0 Å². The molecule has 0 radical (unpaired) electrons. The first kappa shape index (κ1) is 46.0. The van der Waals surface area contributed by atoms with Crippen LogP contribution in [0.25, 0.3) is 6.08 Å². The fourth-order valence-corrected chi connectivity index (χ4v) is 10.3. The van der Waals surface area contributed by atoms with E-state index in [0.29, 0.717) is 5.56 Å². The van der Waals surface area contributed by atoms with Crippen LogP contribution in [-0.4, -0.2) is 105 Å². The van der Waals surface area contributed by atoms with E-state index in [-0.39, 0.29) is 29.7 Å². The smallest absolute Gasteiger partial charge is 0.338 e. The van der Waals surface area contributed by atoms with Crippen molar-refractivity contribution < 1.29 is 67.8 Å². The first-order valence-corrected chi connectivity index (χ1v) is 21.1. The number of nitrogens with one attached hydrogen (secondary N) is 1. The Bertz CT molecular complexity index is 2370. The Morgan fingerprint density at radius 1 is 0.859 bits per heavy atom. The van der Waals surface area contributed by atoms with E-state index in [1.807, 2.05) is 6.07 Å². The van der Waals surface area contributed by atoms with E-state index in [9.17, 15) is 39.3 Å². The molecule has 4 N–H and O–H groups in total. The molecule has 0 spiro atoms. The van der Waals surface area contributed by atoms with Gasteiger partial charge in [-0.1, -0.05) is 92.7 Å². The molecule has 64 heavy (non-hydrogen) atoms. The van der Waals surface area contributed by atoms with Gasteiger partial charge in [-0.2, -0.15) is 0 Å². The number of hydrogen-bond donors (Lipinski definition) is 4. The summed E-state index contributed by atoms with van der Waals surface area (Å²) < 4.78 is 30.3. The Kier molecular flexibility index (Phi) is 12.6. The quantitative estimate of drug-likeness (QED) is 0.0921. The average Bonchev–Trinajstić information content (AvgIpc) is 3.26. The van der Waals surface area contributed by atoms with Gasteiger partial charge in [-0.15, -0.1) is 0 Å². The van der Waals surface area contributed by atoms with Gasteiger partial charge in [0.1, 0.15) is 23.9 Å². The number of hydrogen-bond acceptors (Lipinski definition) is 14. The lowest BCUT2D eigenvalue weighted by Crippen LogP contribution is -2.82. The summed E-state index contributed by atoms with van der Waals surface area (Å²) in [6, 6.07) is 23.7. The summed E-state index contributed by atoms with van der Waals surface area (Å²) in [4.78, 5) is 83.4. The number of aliphatic hydroxyl groups is 3. The Morgan fingerprint density at radius 2 is 1.47 bits per heavy atom. The molecule has 1 saturated heterocycles. The minimum atomic E-state index is -2.40. The van der Waals surface area contributed by atoms with E-state index < -0.39 is 113 Å². The number of amides is 1. The number of carbonyl (C=O) groups excluding carboxylic acids is 6. The molecule has 7 rings (SSSR count). The Hall–Kier alpha value is -6.00. The molecule has 1 aliphatic heterocycles. The first-order chi connectivity index (χ1) is 30.3. The average molecular weight is 880 g/mol. The zero-order valence-corrected chi connectivity index (χ0v) is 36.4. The number of esters is 4. The van der Waals surface area contributed by atoms with Crippen molar-refractivity contribution in [2.75, 3.05) is 6.61 Å². The highest BCUT2D eigenvalue weighted by Crippen LogP contribution is 2.64. The monoisotopic (exact) mass is 879 g/mol.